The molecule has 6 heteroatoms. The zero-order chi connectivity index (χ0) is 12.7. The van der Waals surface area contributed by atoms with Crippen LogP contribution in [0, 0.1) is 4.77 Å². The van der Waals surface area contributed by atoms with Crippen LogP contribution in [-0.4, -0.2) is 21.3 Å². The number of nitrogen functional groups attached to an aromatic ring is 1. The molecule has 0 radical (unpaired) electrons. The van der Waals surface area contributed by atoms with E-state index in [-0.39, 0.29) is 5.88 Å². The molecular weight excluding hydrogens is 248 g/mol. The van der Waals surface area contributed by atoms with E-state index in [0.717, 1.165) is 16.8 Å². The van der Waals surface area contributed by atoms with Crippen LogP contribution >= 0.6 is 12.2 Å². The van der Waals surface area contributed by atoms with Gasteiger partial charge in [-0.05, 0) is 36.5 Å². The Morgan fingerprint density at radius 1 is 1.33 bits per heavy atom. The first-order valence-corrected chi connectivity index (χ1v) is 5.71. The van der Waals surface area contributed by atoms with Crippen LogP contribution in [0.4, 0.5) is 11.4 Å². The summed E-state index contributed by atoms with van der Waals surface area (Å²) in [5.41, 5.74) is 9.64. The van der Waals surface area contributed by atoms with Crippen LogP contribution in [0.15, 0.2) is 23.2 Å². The lowest BCUT2D eigenvalue weighted by molar-refractivity contribution is 0.455. The van der Waals surface area contributed by atoms with E-state index in [4.69, 9.17) is 18.0 Å². The van der Waals surface area contributed by atoms with Crippen LogP contribution in [-0.2, 0) is 0 Å². The van der Waals surface area contributed by atoms with E-state index in [9.17, 15) is 5.11 Å². The molecule has 1 aliphatic rings. The van der Waals surface area contributed by atoms with Crippen LogP contribution in [0.1, 0.15) is 11.3 Å². The molecule has 0 amide bonds. The zero-order valence-corrected chi connectivity index (χ0v) is 10.1. The van der Waals surface area contributed by atoms with Gasteiger partial charge in [0.15, 0.2) is 4.77 Å². The standard InChI is InChI=1S/C12H10N4OS/c13-7-1-2-9-8(4-7)6(5-14-9)3-10-11(17)16-12(18)15-10/h1-5,17H,13H2,(H2,15,16,18)/b6-3-. The Kier molecular flexibility index (Phi) is 2.31. The van der Waals surface area contributed by atoms with Crippen molar-refractivity contribution in [3.8, 4) is 5.88 Å². The fourth-order valence-electron chi connectivity index (χ4n) is 1.87. The Bertz CT molecular complexity index is 739. The van der Waals surface area contributed by atoms with Crippen molar-refractivity contribution >= 4 is 41.5 Å². The SMILES string of the molecule is Nc1ccc2c(c1)/C(=C\c1[nH]c(=S)[nH]c1O)C=N2. The van der Waals surface area contributed by atoms with E-state index in [1.165, 1.54) is 0 Å². The molecule has 90 valence electrons. The highest BCUT2D eigenvalue weighted by atomic mass is 32.1. The number of benzene rings is 1. The van der Waals surface area contributed by atoms with Gasteiger partial charge in [-0.15, -0.1) is 0 Å². The van der Waals surface area contributed by atoms with Gasteiger partial charge in [0.2, 0.25) is 5.88 Å². The highest BCUT2D eigenvalue weighted by Crippen LogP contribution is 2.34. The van der Waals surface area contributed by atoms with Gasteiger partial charge in [-0.3, -0.25) is 4.99 Å². The number of aliphatic imine (C=N–C) groups is 1. The lowest BCUT2D eigenvalue weighted by atomic mass is 10.1. The molecule has 1 aliphatic heterocycles. The van der Waals surface area contributed by atoms with Gasteiger partial charge < -0.3 is 20.8 Å². The van der Waals surface area contributed by atoms with Crippen LogP contribution in [0.3, 0.4) is 0 Å². The molecule has 0 saturated carbocycles. The normalized spacial score (nSPS) is 15.2. The highest BCUT2D eigenvalue weighted by molar-refractivity contribution is 7.71. The van der Waals surface area contributed by atoms with E-state index < -0.39 is 0 Å². The van der Waals surface area contributed by atoms with Crippen molar-refractivity contribution in [1.82, 2.24) is 9.97 Å². The third kappa shape index (κ3) is 1.72. The van der Waals surface area contributed by atoms with Crippen molar-refractivity contribution in [1.29, 1.82) is 0 Å². The Morgan fingerprint density at radius 2 is 2.17 bits per heavy atom. The van der Waals surface area contributed by atoms with Gasteiger partial charge >= 0.3 is 0 Å². The molecule has 0 aliphatic carbocycles. The quantitative estimate of drug-likeness (QED) is 0.468. The second-order valence-electron chi connectivity index (χ2n) is 3.98. The third-order valence-electron chi connectivity index (χ3n) is 2.71. The summed E-state index contributed by atoms with van der Waals surface area (Å²) >= 11 is 4.91. The number of aromatic amines is 2. The zero-order valence-electron chi connectivity index (χ0n) is 9.27. The molecule has 0 fully saturated rings. The average Bonchev–Trinajstić information content (AvgIpc) is 2.84. The Hall–Kier alpha value is -2.34. The summed E-state index contributed by atoms with van der Waals surface area (Å²) in [5.74, 6) is 0.0123. The molecule has 5 N–H and O–H groups in total. The number of fused-ring (bicyclic) bond motifs is 1. The maximum atomic E-state index is 9.63. The monoisotopic (exact) mass is 258 g/mol. The number of nitrogens with zero attached hydrogens (tertiary/aromatic N) is 1. The minimum absolute atomic E-state index is 0.0123. The maximum Gasteiger partial charge on any atom is 0.215 e. The summed E-state index contributed by atoms with van der Waals surface area (Å²) < 4.78 is 0.377. The first kappa shape index (κ1) is 10.8. The first-order valence-electron chi connectivity index (χ1n) is 5.30. The van der Waals surface area contributed by atoms with Gasteiger partial charge in [-0.1, -0.05) is 0 Å². The smallest absolute Gasteiger partial charge is 0.215 e. The molecule has 0 unspecified atom stereocenters. The number of aromatic nitrogens is 2. The molecular formula is C12H10N4OS. The largest absolute Gasteiger partial charge is 0.493 e. The summed E-state index contributed by atoms with van der Waals surface area (Å²) in [6.07, 6.45) is 3.50. The molecule has 0 atom stereocenters. The number of rotatable bonds is 1. The Balaban J connectivity index is 2.11. The molecule has 2 heterocycles. The summed E-state index contributed by atoms with van der Waals surface area (Å²) in [6, 6.07) is 5.52. The van der Waals surface area contributed by atoms with E-state index >= 15 is 0 Å². The predicted octanol–water partition coefficient (Wildman–Crippen LogP) is 2.62. The number of H-pyrrole nitrogens is 2. The van der Waals surface area contributed by atoms with Crippen LogP contribution in [0.5, 0.6) is 5.88 Å². The number of anilines is 1. The number of imidazole rings is 1. The van der Waals surface area contributed by atoms with Crippen LogP contribution in [0.2, 0.25) is 0 Å². The predicted molar refractivity (Wildman–Crippen MR) is 74.5 cm³/mol. The summed E-state index contributed by atoms with van der Waals surface area (Å²) in [7, 11) is 0. The fourth-order valence-corrected chi connectivity index (χ4v) is 2.08. The lowest BCUT2D eigenvalue weighted by Crippen LogP contribution is -1.87. The number of aromatic hydroxyl groups is 1. The molecule has 18 heavy (non-hydrogen) atoms. The molecule has 1 aromatic carbocycles. The van der Waals surface area contributed by atoms with Gasteiger partial charge in [-0.2, -0.15) is 0 Å². The van der Waals surface area contributed by atoms with Gasteiger partial charge in [0.05, 0.1) is 5.69 Å². The van der Waals surface area contributed by atoms with Gasteiger partial charge in [-0.25, -0.2) is 0 Å². The van der Waals surface area contributed by atoms with Gasteiger partial charge in [0.1, 0.15) is 5.69 Å². The minimum atomic E-state index is 0.0123. The van der Waals surface area contributed by atoms with Crippen molar-refractivity contribution in [2.45, 2.75) is 0 Å². The minimum Gasteiger partial charge on any atom is -0.493 e. The third-order valence-corrected chi connectivity index (χ3v) is 2.91. The van der Waals surface area contributed by atoms with Gasteiger partial charge in [0, 0.05) is 23.0 Å². The summed E-state index contributed by atoms with van der Waals surface area (Å²) in [5, 5.41) is 9.63. The summed E-state index contributed by atoms with van der Waals surface area (Å²) in [6.45, 7) is 0. The second-order valence-corrected chi connectivity index (χ2v) is 4.38. The van der Waals surface area contributed by atoms with Crippen molar-refractivity contribution < 1.29 is 5.11 Å². The van der Waals surface area contributed by atoms with Crippen molar-refractivity contribution in [3.63, 3.8) is 0 Å². The number of nitrogens with one attached hydrogen (secondary N) is 2. The molecule has 1 aromatic heterocycles. The molecule has 3 rings (SSSR count). The number of hydrogen-bond donors (Lipinski definition) is 4. The van der Waals surface area contributed by atoms with Gasteiger partial charge in [0.25, 0.3) is 0 Å². The van der Waals surface area contributed by atoms with Crippen molar-refractivity contribution in [2.24, 2.45) is 4.99 Å². The second kappa shape index (κ2) is 3.85. The Morgan fingerprint density at radius 3 is 2.89 bits per heavy atom. The molecule has 0 saturated heterocycles. The van der Waals surface area contributed by atoms with E-state index in [2.05, 4.69) is 15.0 Å². The van der Waals surface area contributed by atoms with E-state index in [1.807, 2.05) is 12.1 Å². The maximum absolute atomic E-state index is 9.63. The first-order chi connectivity index (χ1) is 8.63. The molecule has 5 nitrogen and oxygen atoms in total. The lowest BCUT2D eigenvalue weighted by Gasteiger charge is -2.00. The number of hydrogen-bond acceptors (Lipinski definition) is 4. The highest BCUT2D eigenvalue weighted by Gasteiger charge is 2.13. The number of allylic oxidation sites excluding steroid dienone is 1. The van der Waals surface area contributed by atoms with E-state index in [1.54, 1.807) is 18.4 Å². The van der Waals surface area contributed by atoms with Crippen molar-refractivity contribution in [3.05, 3.63) is 34.2 Å². The van der Waals surface area contributed by atoms with Crippen LogP contribution < -0.4 is 5.73 Å². The van der Waals surface area contributed by atoms with Crippen molar-refractivity contribution in [2.75, 3.05) is 5.73 Å². The molecule has 0 bridgehead atoms. The van der Waals surface area contributed by atoms with E-state index in [0.29, 0.717) is 16.2 Å². The summed E-state index contributed by atoms with van der Waals surface area (Å²) in [4.78, 5) is 9.75. The molecule has 0 spiro atoms. The molecule has 2 aromatic rings. The Labute approximate surface area is 108 Å². The number of nitrogens with two attached hydrogens (primary N) is 1. The average molecular weight is 258 g/mol. The fraction of sp³-hybridized carbons (Fsp3) is 0. The van der Waals surface area contributed by atoms with Crippen LogP contribution in [0.25, 0.3) is 11.6 Å². The topological polar surface area (TPSA) is 90.2 Å².